The number of hydrogen-bond acceptors (Lipinski definition) is 5. The van der Waals surface area contributed by atoms with E-state index in [2.05, 4.69) is 15.0 Å². The van der Waals surface area contributed by atoms with Crippen LogP contribution < -0.4 is 4.90 Å². The van der Waals surface area contributed by atoms with Crippen LogP contribution in [-0.2, 0) is 9.59 Å². The van der Waals surface area contributed by atoms with E-state index in [0.29, 0.717) is 11.4 Å². The molecule has 1 fully saturated rings. The van der Waals surface area contributed by atoms with Crippen LogP contribution in [-0.4, -0.2) is 33.2 Å². The summed E-state index contributed by atoms with van der Waals surface area (Å²) in [6.07, 6.45) is 3.15. The van der Waals surface area contributed by atoms with E-state index in [1.54, 1.807) is 18.5 Å². The molecule has 2 aromatic heterocycles. The lowest BCUT2D eigenvalue weighted by atomic mass is 10.2. The first-order chi connectivity index (χ1) is 9.24. The van der Waals surface area contributed by atoms with Crippen molar-refractivity contribution in [1.29, 1.82) is 0 Å². The van der Waals surface area contributed by atoms with Gasteiger partial charge in [0.15, 0.2) is 5.78 Å². The molecule has 1 amide bonds. The SMILES string of the molecule is O=C1CC(=O)N(c2nccc(-c3ccccn3)n2)C1. The highest BCUT2D eigenvalue weighted by atomic mass is 16.2. The number of Topliss-reactive ketones (excluding diaryl/α,β-unsaturated/α-hetero) is 1. The Kier molecular flexibility index (Phi) is 2.75. The van der Waals surface area contributed by atoms with Crippen LogP contribution in [0.25, 0.3) is 11.4 Å². The van der Waals surface area contributed by atoms with E-state index in [1.807, 2.05) is 18.2 Å². The van der Waals surface area contributed by atoms with Gasteiger partial charge in [-0.25, -0.2) is 9.97 Å². The van der Waals surface area contributed by atoms with Gasteiger partial charge in [-0.15, -0.1) is 0 Å². The molecule has 0 N–H and O–H groups in total. The Hall–Kier alpha value is -2.63. The van der Waals surface area contributed by atoms with E-state index in [4.69, 9.17) is 0 Å². The fraction of sp³-hybridized carbons (Fsp3) is 0.154. The minimum absolute atomic E-state index is 0.0461. The first-order valence-electron chi connectivity index (χ1n) is 5.80. The highest BCUT2D eigenvalue weighted by Crippen LogP contribution is 2.19. The van der Waals surface area contributed by atoms with E-state index < -0.39 is 0 Å². The second-order valence-electron chi connectivity index (χ2n) is 4.15. The zero-order chi connectivity index (χ0) is 13.2. The Morgan fingerprint density at radius 2 is 1.89 bits per heavy atom. The molecule has 0 unspecified atom stereocenters. The third-order valence-corrected chi connectivity index (χ3v) is 2.80. The lowest BCUT2D eigenvalue weighted by molar-refractivity contribution is -0.121. The summed E-state index contributed by atoms with van der Waals surface area (Å²) in [5.74, 6) is -0.126. The number of aromatic nitrogens is 3. The van der Waals surface area contributed by atoms with Gasteiger partial charge in [-0.05, 0) is 18.2 Å². The molecule has 3 heterocycles. The topological polar surface area (TPSA) is 76.1 Å². The Morgan fingerprint density at radius 1 is 1.00 bits per heavy atom. The highest BCUT2D eigenvalue weighted by molar-refractivity contribution is 6.14. The van der Waals surface area contributed by atoms with Crippen molar-refractivity contribution < 1.29 is 9.59 Å². The summed E-state index contributed by atoms with van der Waals surface area (Å²) >= 11 is 0. The average Bonchev–Trinajstić information content (AvgIpc) is 2.79. The van der Waals surface area contributed by atoms with Crippen molar-refractivity contribution in [3.63, 3.8) is 0 Å². The number of ketones is 1. The smallest absolute Gasteiger partial charge is 0.237 e. The molecule has 0 saturated carbocycles. The first kappa shape index (κ1) is 11.5. The first-order valence-corrected chi connectivity index (χ1v) is 5.80. The van der Waals surface area contributed by atoms with Gasteiger partial charge >= 0.3 is 0 Å². The Morgan fingerprint density at radius 3 is 2.58 bits per heavy atom. The Labute approximate surface area is 109 Å². The molecule has 0 spiro atoms. The Bertz CT molecular complexity index is 642. The quantitative estimate of drug-likeness (QED) is 0.742. The summed E-state index contributed by atoms with van der Waals surface area (Å²) in [5, 5.41) is 0. The number of nitrogens with zero attached hydrogens (tertiary/aromatic N) is 4. The van der Waals surface area contributed by atoms with Gasteiger partial charge in [0.2, 0.25) is 11.9 Å². The summed E-state index contributed by atoms with van der Waals surface area (Å²) in [6.45, 7) is 0.0461. The number of carbonyl (C=O) groups is 2. The summed E-state index contributed by atoms with van der Waals surface area (Å²) in [4.78, 5) is 36.7. The van der Waals surface area contributed by atoms with Crippen LogP contribution in [0.15, 0.2) is 36.7 Å². The monoisotopic (exact) mass is 254 g/mol. The summed E-state index contributed by atoms with van der Waals surface area (Å²) in [7, 11) is 0. The van der Waals surface area contributed by atoms with Crippen molar-refractivity contribution in [3.05, 3.63) is 36.7 Å². The number of pyridine rings is 1. The molecule has 0 aromatic carbocycles. The van der Waals surface area contributed by atoms with Crippen LogP contribution in [0.4, 0.5) is 5.95 Å². The van der Waals surface area contributed by atoms with Crippen LogP contribution in [0.3, 0.4) is 0 Å². The minimum atomic E-state index is -0.261. The standard InChI is InChI=1S/C13H10N4O2/c18-9-7-12(19)17(8-9)13-15-6-4-11(16-13)10-3-1-2-5-14-10/h1-6H,7-8H2. The number of anilines is 1. The number of hydrogen-bond donors (Lipinski definition) is 0. The second kappa shape index (κ2) is 4.56. The van der Waals surface area contributed by atoms with Gasteiger partial charge < -0.3 is 0 Å². The molecular weight excluding hydrogens is 244 g/mol. The summed E-state index contributed by atoms with van der Waals surface area (Å²) in [5.41, 5.74) is 1.32. The van der Waals surface area contributed by atoms with Crippen molar-refractivity contribution in [1.82, 2.24) is 15.0 Å². The van der Waals surface area contributed by atoms with E-state index in [1.165, 1.54) is 4.90 Å². The second-order valence-corrected chi connectivity index (χ2v) is 4.15. The molecule has 1 saturated heterocycles. The van der Waals surface area contributed by atoms with Crippen molar-refractivity contribution in [3.8, 4) is 11.4 Å². The Balaban J connectivity index is 1.97. The number of rotatable bonds is 2. The summed E-state index contributed by atoms with van der Waals surface area (Å²) in [6, 6.07) is 7.21. The predicted molar refractivity (Wildman–Crippen MR) is 67.2 cm³/mol. The molecule has 3 rings (SSSR count). The van der Waals surface area contributed by atoms with Crippen LogP contribution in [0.5, 0.6) is 0 Å². The van der Waals surface area contributed by atoms with E-state index >= 15 is 0 Å². The van der Waals surface area contributed by atoms with Crippen LogP contribution in [0.2, 0.25) is 0 Å². The maximum atomic E-state index is 11.6. The van der Waals surface area contributed by atoms with Crippen molar-refractivity contribution in [2.45, 2.75) is 6.42 Å². The zero-order valence-electron chi connectivity index (χ0n) is 9.98. The van der Waals surface area contributed by atoms with Crippen LogP contribution in [0, 0.1) is 0 Å². The maximum absolute atomic E-state index is 11.6. The molecule has 0 radical (unpaired) electrons. The zero-order valence-corrected chi connectivity index (χ0v) is 9.98. The van der Waals surface area contributed by atoms with E-state index in [9.17, 15) is 9.59 Å². The van der Waals surface area contributed by atoms with Gasteiger partial charge in [-0.2, -0.15) is 0 Å². The van der Waals surface area contributed by atoms with E-state index in [-0.39, 0.29) is 30.6 Å². The summed E-state index contributed by atoms with van der Waals surface area (Å²) < 4.78 is 0. The number of carbonyl (C=O) groups excluding carboxylic acids is 2. The molecule has 6 nitrogen and oxygen atoms in total. The van der Waals surface area contributed by atoms with Gasteiger partial charge in [-0.3, -0.25) is 19.5 Å². The fourth-order valence-corrected chi connectivity index (χ4v) is 1.90. The van der Waals surface area contributed by atoms with Crippen molar-refractivity contribution >= 4 is 17.6 Å². The van der Waals surface area contributed by atoms with Gasteiger partial charge in [0.1, 0.15) is 0 Å². The lowest BCUT2D eigenvalue weighted by Crippen LogP contribution is -2.26. The third-order valence-electron chi connectivity index (χ3n) is 2.80. The highest BCUT2D eigenvalue weighted by Gasteiger charge is 2.30. The molecule has 6 heteroatoms. The maximum Gasteiger partial charge on any atom is 0.237 e. The van der Waals surface area contributed by atoms with Crippen LogP contribution >= 0.6 is 0 Å². The van der Waals surface area contributed by atoms with Crippen molar-refractivity contribution in [2.75, 3.05) is 11.4 Å². The molecule has 1 aliphatic heterocycles. The molecule has 1 aliphatic rings. The van der Waals surface area contributed by atoms with Gasteiger partial charge in [0.05, 0.1) is 24.4 Å². The third kappa shape index (κ3) is 2.20. The minimum Gasteiger partial charge on any atom is -0.297 e. The largest absolute Gasteiger partial charge is 0.297 e. The normalized spacial score (nSPS) is 15.1. The average molecular weight is 254 g/mol. The molecule has 0 bridgehead atoms. The van der Waals surface area contributed by atoms with Gasteiger partial charge in [0, 0.05) is 12.4 Å². The van der Waals surface area contributed by atoms with E-state index in [0.717, 1.165) is 0 Å². The predicted octanol–water partition coefficient (Wildman–Crippen LogP) is 0.844. The van der Waals surface area contributed by atoms with Crippen molar-refractivity contribution in [2.24, 2.45) is 0 Å². The fourth-order valence-electron chi connectivity index (χ4n) is 1.90. The number of amides is 1. The van der Waals surface area contributed by atoms with Crippen LogP contribution in [0.1, 0.15) is 6.42 Å². The molecule has 19 heavy (non-hydrogen) atoms. The molecule has 0 atom stereocenters. The molecule has 94 valence electrons. The lowest BCUT2D eigenvalue weighted by Gasteiger charge is -2.12. The van der Waals surface area contributed by atoms with Gasteiger partial charge in [0.25, 0.3) is 0 Å². The van der Waals surface area contributed by atoms with Gasteiger partial charge in [-0.1, -0.05) is 6.07 Å². The molecule has 2 aromatic rings. The molecular formula is C13H10N4O2. The molecule has 0 aliphatic carbocycles.